The second-order valence-electron chi connectivity index (χ2n) is 4.12. The van der Waals surface area contributed by atoms with E-state index in [4.69, 9.17) is 11.6 Å². The second kappa shape index (κ2) is 4.44. The van der Waals surface area contributed by atoms with Crippen LogP contribution in [0.5, 0.6) is 0 Å². The van der Waals surface area contributed by atoms with Crippen LogP contribution in [0, 0.1) is 6.92 Å². The standard InChI is InChI=1S/C12H14ClNO2/c1-8-6-9(13)2-3-11(8)14-5-4-10(15)7-12(14)16/h2-3,6,10,15H,4-5,7H2,1H3. The molecule has 1 fully saturated rings. The molecule has 0 radical (unpaired) electrons. The van der Waals surface area contributed by atoms with E-state index in [-0.39, 0.29) is 12.3 Å². The molecule has 1 aliphatic rings. The normalized spacial score (nSPS) is 21.3. The highest BCUT2D eigenvalue weighted by molar-refractivity contribution is 6.30. The van der Waals surface area contributed by atoms with Crippen LogP contribution in [-0.2, 0) is 4.79 Å². The van der Waals surface area contributed by atoms with Gasteiger partial charge in [-0.3, -0.25) is 4.79 Å². The molecule has 86 valence electrons. The van der Waals surface area contributed by atoms with Gasteiger partial charge in [-0.05, 0) is 37.1 Å². The lowest BCUT2D eigenvalue weighted by Crippen LogP contribution is -2.41. The Balaban J connectivity index is 2.27. The van der Waals surface area contributed by atoms with E-state index in [1.807, 2.05) is 19.1 Å². The average molecular weight is 240 g/mol. The summed E-state index contributed by atoms with van der Waals surface area (Å²) in [6.07, 6.45) is 0.354. The molecule has 0 aliphatic carbocycles. The van der Waals surface area contributed by atoms with Crippen molar-refractivity contribution in [1.29, 1.82) is 0 Å². The third-order valence-corrected chi connectivity index (χ3v) is 3.08. The van der Waals surface area contributed by atoms with Crippen molar-refractivity contribution < 1.29 is 9.90 Å². The maximum absolute atomic E-state index is 11.8. The van der Waals surface area contributed by atoms with Crippen molar-refractivity contribution in [2.75, 3.05) is 11.4 Å². The van der Waals surface area contributed by atoms with Gasteiger partial charge >= 0.3 is 0 Å². The molecule has 3 nitrogen and oxygen atoms in total. The molecule has 1 aliphatic heterocycles. The Hall–Kier alpha value is -1.06. The van der Waals surface area contributed by atoms with E-state index in [0.29, 0.717) is 18.0 Å². The summed E-state index contributed by atoms with van der Waals surface area (Å²) in [6.45, 7) is 2.50. The van der Waals surface area contributed by atoms with Crippen LogP contribution < -0.4 is 4.90 Å². The molecule has 1 atom stereocenters. The van der Waals surface area contributed by atoms with Crippen molar-refractivity contribution in [1.82, 2.24) is 0 Å². The lowest BCUT2D eigenvalue weighted by atomic mass is 10.0. The van der Waals surface area contributed by atoms with Gasteiger partial charge in [-0.15, -0.1) is 0 Å². The first kappa shape index (κ1) is 11.4. The summed E-state index contributed by atoms with van der Waals surface area (Å²) in [4.78, 5) is 13.5. The molecule has 0 spiro atoms. The summed E-state index contributed by atoms with van der Waals surface area (Å²) in [7, 11) is 0. The van der Waals surface area contributed by atoms with Gasteiger partial charge in [0.1, 0.15) is 0 Å². The van der Waals surface area contributed by atoms with Gasteiger partial charge in [0, 0.05) is 17.3 Å². The fraction of sp³-hybridized carbons (Fsp3) is 0.417. The molecule has 1 saturated heterocycles. The molecule has 2 rings (SSSR count). The number of halogens is 1. The summed E-state index contributed by atoms with van der Waals surface area (Å²) in [5, 5.41) is 10.1. The topological polar surface area (TPSA) is 40.5 Å². The first-order valence-corrected chi connectivity index (χ1v) is 5.70. The van der Waals surface area contributed by atoms with Crippen LogP contribution in [0.1, 0.15) is 18.4 Å². The highest BCUT2D eigenvalue weighted by atomic mass is 35.5. The predicted octanol–water partition coefficient (Wildman–Crippen LogP) is 2.14. The number of carbonyl (C=O) groups excluding carboxylic acids is 1. The van der Waals surface area contributed by atoms with Crippen LogP contribution in [-0.4, -0.2) is 23.7 Å². The highest BCUT2D eigenvalue weighted by Crippen LogP contribution is 2.26. The summed E-state index contributed by atoms with van der Waals surface area (Å²) in [5.74, 6) is -0.0239. The van der Waals surface area contributed by atoms with Crippen molar-refractivity contribution in [3.63, 3.8) is 0 Å². The quantitative estimate of drug-likeness (QED) is 0.816. The van der Waals surface area contributed by atoms with Gasteiger partial charge in [0.2, 0.25) is 5.91 Å². The number of nitrogens with zero attached hydrogens (tertiary/aromatic N) is 1. The zero-order valence-electron chi connectivity index (χ0n) is 9.11. The summed E-state index contributed by atoms with van der Waals surface area (Å²) >= 11 is 5.87. The number of aliphatic hydroxyl groups excluding tert-OH is 1. The molecule has 0 bridgehead atoms. The first-order valence-electron chi connectivity index (χ1n) is 5.32. The summed E-state index contributed by atoms with van der Waals surface area (Å²) < 4.78 is 0. The minimum Gasteiger partial charge on any atom is -0.393 e. The van der Waals surface area contributed by atoms with E-state index < -0.39 is 6.10 Å². The Morgan fingerprint density at radius 2 is 2.25 bits per heavy atom. The van der Waals surface area contributed by atoms with E-state index >= 15 is 0 Å². The fourth-order valence-corrected chi connectivity index (χ4v) is 2.22. The van der Waals surface area contributed by atoms with Crippen LogP contribution >= 0.6 is 11.6 Å². The third kappa shape index (κ3) is 2.20. The number of carbonyl (C=O) groups is 1. The van der Waals surface area contributed by atoms with Gasteiger partial charge in [-0.25, -0.2) is 0 Å². The van der Waals surface area contributed by atoms with Crippen molar-refractivity contribution in [2.45, 2.75) is 25.9 Å². The van der Waals surface area contributed by atoms with Crippen LogP contribution in [0.25, 0.3) is 0 Å². The Morgan fingerprint density at radius 3 is 2.88 bits per heavy atom. The van der Waals surface area contributed by atoms with Crippen LogP contribution in [0.3, 0.4) is 0 Å². The Kier molecular flexibility index (Phi) is 3.17. The molecule has 1 amide bonds. The number of rotatable bonds is 1. The molecular formula is C12H14ClNO2. The van der Waals surface area contributed by atoms with Gasteiger partial charge in [-0.1, -0.05) is 11.6 Å². The lowest BCUT2D eigenvalue weighted by molar-refractivity contribution is -0.122. The smallest absolute Gasteiger partial charge is 0.229 e. The Morgan fingerprint density at radius 1 is 1.50 bits per heavy atom. The SMILES string of the molecule is Cc1cc(Cl)ccc1N1CCC(O)CC1=O. The predicted molar refractivity (Wildman–Crippen MR) is 63.8 cm³/mol. The molecule has 0 saturated carbocycles. The minimum atomic E-state index is -0.489. The Bertz CT molecular complexity index is 419. The lowest BCUT2D eigenvalue weighted by Gasteiger charge is -2.30. The molecule has 1 aromatic rings. The van der Waals surface area contributed by atoms with Gasteiger partial charge in [-0.2, -0.15) is 0 Å². The summed E-state index contributed by atoms with van der Waals surface area (Å²) in [5.41, 5.74) is 1.87. The molecule has 16 heavy (non-hydrogen) atoms. The third-order valence-electron chi connectivity index (χ3n) is 2.85. The average Bonchev–Trinajstić information content (AvgIpc) is 2.19. The van der Waals surface area contributed by atoms with E-state index in [2.05, 4.69) is 0 Å². The van der Waals surface area contributed by atoms with Crippen molar-refractivity contribution in [2.24, 2.45) is 0 Å². The van der Waals surface area contributed by atoms with E-state index in [1.165, 1.54) is 0 Å². The molecule has 4 heteroatoms. The van der Waals surface area contributed by atoms with Crippen molar-refractivity contribution in [3.05, 3.63) is 28.8 Å². The van der Waals surface area contributed by atoms with Crippen LogP contribution in [0.2, 0.25) is 5.02 Å². The van der Waals surface area contributed by atoms with Gasteiger partial charge in [0.05, 0.1) is 12.5 Å². The molecule has 1 unspecified atom stereocenters. The van der Waals surface area contributed by atoms with Gasteiger partial charge in [0.25, 0.3) is 0 Å². The summed E-state index contributed by atoms with van der Waals surface area (Å²) in [6, 6.07) is 5.48. The number of aliphatic hydroxyl groups is 1. The van der Waals surface area contributed by atoms with Gasteiger partial charge in [0.15, 0.2) is 0 Å². The van der Waals surface area contributed by atoms with Gasteiger partial charge < -0.3 is 10.0 Å². The minimum absolute atomic E-state index is 0.0239. The number of piperidine rings is 1. The first-order chi connectivity index (χ1) is 7.58. The fourth-order valence-electron chi connectivity index (χ4n) is 1.99. The highest BCUT2D eigenvalue weighted by Gasteiger charge is 2.26. The number of amides is 1. The number of hydrogen-bond donors (Lipinski definition) is 1. The number of hydrogen-bond acceptors (Lipinski definition) is 2. The monoisotopic (exact) mass is 239 g/mol. The zero-order chi connectivity index (χ0) is 11.7. The maximum atomic E-state index is 11.8. The van der Waals surface area contributed by atoms with E-state index in [0.717, 1.165) is 11.3 Å². The van der Waals surface area contributed by atoms with Crippen molar-refractivity contribution in [3.8, 4) is 0 Å². The largest absolute Gasteiger partial charge is 0.393 e. The van der Waals surface area contributed by atoms with Crippen LogP contribution in [0.4, 0.5) is 5.69 Å². The van der Waals surface area contributed by atoms with Crippen LogP contribution in [0.15, 0.2) is 18.2 Å². The maximum Gasteiger partial charge on any atom is 0.229 e. The molecule has 1 aromatic carbocycles. The zero-order valence-corrected chi connectivity index (χ0v) is 9.87. The van der Waals surface area contributed by atoms with Crippen molar-refractivity contribution >= 4 is 23.2 Å². The molecule has 1 heterocycles. The number of aryl methyl sites for hydroxylation is 1. The number of anilines is 1. The molecular weight excluding hydrogens is 226 g/mol. The Labute approximate surface area is 99.6 Å². The second-order valence-corrected chi connectivity index (χ2v) is 4.56. The molecule has 1 N–H and O–H groups in total. The van der Waals surface area contributed by atoms with E-state index in [9.17, 15) is 9.90 Å². The number of benzene rings is 1. The van der Waals surface area contributed by atoms with E-state index in [1.54, 1.807) is 11.0 Å². The molecule has 0 aromatic heterocycles.